The number of nitrogens with two attached hydrogens (primary N) is 3. The number of fused-ring (bicyclic) bond motifs is 1. The molecule has 17 heavy (non-hydrogen) atoms. The second kappa shape index (κ2) is 4.05. The standard InChI is InChI=1S/C10H10N6O/c11-8-7(9(17)16-10(12)13)14-5-3-1-2-4-6(5)15-8/h1-4H,(H2,11,15)(H4,12,13,16,17). The lowest BCUT2D eigenvalue weighted by Crippen LogP contribution is -2.24. The highest BCUT2D eigenvalue weighted by Crippen LogP contribution is 2.14. The fourth-order valence-electron chi connectivity index (χ4n) is 1.34. The first-order chi connectivity index (χ1) is 8.08. The molecule has 2 aromatic rings. The van der Waals surface area contributed by atoms with E-state index in [1.165, 1.54) is 0 Å². The minimum atomic E-state index is -0.708. The van der Waals surface area contributed by atoms with E-state index in [1.807, 2.05) is 0 Å². The molecule has 1 aromatic heterocycles. The average Bonchev–Trinajstić information content (AvgIpc) is 2.27. The lowest BCUT2D eigenvalue weighted by atomic mass is 10.3. The first-order valence-electron chi connectivity index (χ1n) is 4.74. The molecule has 1 amide bonds. The number of rotatable bonds is 1. The number of nitrogens with zero attached hydrogens (tertiary/aromatic N) is 3. The molecular weight excluding hydrogens is 220 g/mol. The number of amides is 1. The fraction of sp³-hybridized carbons (Fsp3) is 0. The van der Waals surface area contributed by atoms with Crippen LogP contribution in [0.5, 0.6) is 0 Å². The van der Waals surface area contributed by atoms with Gasteiger partial charge >= 0.3 is 5.91 Å². The molecule has 0 saturated carbocycles. The topological polar surface area (TPSA) is 133 Å². The molecule has 2 rings (SSSR count). The van der Waals surface area contributed by atoms with Crippen molar-refractivity contribution >= 4 is 28.7 Å². The summed E-state index contributed by atoms with van der Waals surface area (Å²) in [4.78, 5) is 23.1. The van der Waals surface area contributed by atoms with Crippen molar-refractivity contribution in [2.45, 2.75) is 0 Å². The molecule has 0 atom stereocenters. The maximum atomic E-state index is 11.6. The Bertz CT molecular complexity index is 617. The molecule has 86 valence electrons. The van der Waals surface area contributed by atoms with Gasteiger partial charge in [-0.3, -0.25) is 4.79 Å². The average molecular weight is 230 g/mol. The van der Waals surface area contributed by atoms with Crippen LogP contribution in [0.1, 0.15) is 10.5 Å². The summed E-state index contributed by atoms with van der Waals surface area (Å²) in [6.45, 7) is 0. The Balaban J connectivity index is 2.58. The van der Waals surface area contributed by atoms with Gasteiger partial charge in [-0.1, -0.05) is 12.1 Å². The van der Waals surface area contributed by atoms with Gasteiger partial charge in [0.1, 0.15) is 0 Å². The zero-order valence-corrected chi connectivity index (χ0v) is 8.79. The number of nitrogen functional groups attached to an aromatic ring is 1. The van der Waals surface area contributed by atoms with Gasteiger partial charge in [-0.15, -0.1) is 0 Å². The zero-order valence-electron chi connectivity index (χ0n) is 8.79. The first-order valence-corrected chi connectivity index (χ1v) is 4.74. The summed E-state index contributed by atoms with van der Waals surface area (Å²) in [7, 11) is 0. The molecule has 0 bridgehead atoms. The molecule has 0 radical (unpaired) electrons. The van der Waals surface area contributed by atoms with Gasteiger partial charge in [0.05, 0.1) is 11.0 Å². The number of aliphatic imine (C=N–C) groups is 1. The summed E-state index contributed by atoms with van der Waals surface area (Å²) in [5.41, 5.74) is 16.9. The van der Waals surface area contributed by atoms with Crippen LogP contribution in [0.3, 0.4) is 0 Å². The molecule has 0 aliphatic rings. The Hall–Kier alpha value is -2.70. The van der Waals surface area contributed by atoms with E-state index in [-0.39, 0.29) is 17.5 Å². The van der Waals surface area contributed by atoms with Crippen LogP contribution in [0.4, 0.5) is 5.82 Å². The van der Waals surface area contributed by atoms with E-state index in [2.05, 4.69) is 15.0 Å². The maximum absolute atomic E-state index is 11.6. The summed E-state index contributed by atoms with van der Waals surface area (Å²) >= 11 is 0. The summed E-state index contributed by atoms with van der Waals surface area (Å²) in [6.07, 6.45) is 0. The van der Waals surface area contributed by atoms with E-state index in [4.69, 9.17) is 17.2 Å². The second-order valence-electron chi connectivity index (χ2n) is 3.29. The third-order valence-electron chi connectivity index (χ3n) is 2.03. The van der Waals surface area contributed by atoms with Crippen LogP contribution in [0.2, 0.25) is 0 Å². The zero-order chi connectivity index (χ0) is 12.4. The number of anilines is 1. The number of benzene rings is 1. The van der Waals surface area contributed by atoms with Crippen LogP contribution in [0.25, 0.3) is 11.0 Å². The molecular formula is C10H10N6O. The van der Waals surface area contributed by atoms with E-state index in [1.54, 1.807) is 24.3 Å². The number of hydrogen-bond donors (Lipinski definition) is 3. The van der Waals surface area contributed by atoms with E-state index in [9.17, 15) is 4.79 Å². The SMILES string of the molecule is NC(N)=NC(=O)c1nc2ccccc2nc1N. The van der Waals surface area contributed by atoms with Crippen LogP contribution < -0.4 is 17.2 Å². The summed E-state index contributed by atoms with van der Waals surface area (Å²) in [5.74, 6) is -1.05. The largest absolute Gasteiger partial charge is 0.382 e. The predicted molar refractivity (Wildman–Crippen MR) is 64.1 cm³/mol. The van der Waals surface area contributed by atoms with E-state index in [0.717, 1.165) is 0 Å². The van der Waals surface area contributed by atoms with Gasteiger partial charge in [0.25, 0.3) is 0 Å². The van der Waals surface area contributed by atoms with Gasteiger partial charge in [-0.05, 0) is 12.1 Å². The number of para-hydroxylation sites is 2. The molecule has 1 heterocycles. The lowest BCUT2D eigenvalue weighted by Gasteiger charge is -2.02. The quantitative estimate of drug-likeness (QED) is 0.452. The number of guanidine groups is 1. The normalized spacial score (nSPS) is 10.1. The van der Waals surface area contributed by atoms with Gasteiger partial charge in [0, 0.05) is 0 Å². The maximum Gasteiger partial charge on any atom is 0.302 e. The molecule has 6 N–H and O–H groups in total. The number of carbonyl (C=O) groups excluding carboxylic acids is 1. The van der Waals surface area contributed by atoms with Gasteiger partial charge in [0.2, 0.25) is 0 Å². The second-order valence-corrected chi connectivity index (χ2v) is 3.29. The van der Waals surface area contributed by atoms with Crippen molar-refractivity contribution in [1.82, 2.24) is 9.97 Å². The number of carbonyl (C=O) groups is 1. The van der Waals surface area contributed by atoms with Gasteiger partial charge < -0.3 is 17.2 Å². The highest BCUT2D eigenvalue weighted by atomic mass is 16.1. The van der Waals surface area contributed by atoms with Gasteiger partial charge in [0.15, 0.2) is 17.5 Å². The van der Waals surface area contributed by atoms with Crippen molar-refractivity contribution in [1.29, 1.82) is 0 Å². The molecule has 0 unspecified atom stereocenters. The minimum Gasteiger partial charge on any atom is -0.382 e. The molecule has 0 aliphatic heterocycles. The number of aromatic nitrogens is 2. The van der Waals surface area contributed by atoms with E-state index < -0.39 is 5.91 Å². The van der Waals surface area contributed by atoms with Gasteiger partial charge in [-0.2, -0.15) is 4.99 Å². The predicted octanol–water partition coefficient (Wildman–Crippen LogP) is -0.374. The van der Waals surface area contributed by atoms with Crippen molar-refractivity contribution in [2.75, 3.05) is 5.73 Å². The molecule has 0 aliphatic carbocycles. The minimum absolute atomic E-state index is 0.00120. The Morgan fingerprint density at radius 1 is 1.12 bits per heavy atom. The van der Waals surface area contributed by atoms with Crippen LogP contribution in [0, 0.1) is 0 Å². The highest BCUT2D eigenvalue weighted by molar-refractivity contribution is 6.04. The fourth-order valence-corrected chi connectivity index (χ4v) is 1.34. The van der Waals surface area contributed by atoms with Crippen molar-refractivity contribution in [3.63, 3.8) is 0 Å². The molecule has 7 heteroatoms. The molecule has 0 spiro atoms. The van der Waals surface area contributed by atoms with E-state index in [0.29, 0.717) is 11.0 Å². The Labute approximate surface area is 96.4 Å². The van der Waals surface area contributed by atoms with E-state index >= 15 is 0 Å². The smallest absolute Gasteiger partial charge is 0.302 e. The van der Waals surface area contributed by atoms with Crippen molar-refractivity contribution < 1.29 is 4.79 Å². The van der Waals surface area contributed by atoms with Crippen LogP contribution in [-0.2, 0) is 0 Å². The third-order valence-corrected chi connectivity index (χ3v) is 2.03. The highest BCUT2D eigenvalue weighted by Gasteiger charge is 2.13. The van der Waals surface area contributed by atoms with Crippen LogP contribution in [0.15, 0.2) is 29.3 Å². The summed E-state index contributed by atoms with van der Waals surface area (Å²) < 4.78 is 0. The third kappa shape index (κ3) is 2.12. The number of hydrogen-bond acceptors (Lipinski definition) is 4. The lowest BCUT2D eigenvalue weighted by molar-refractivity contribution is 0.0999. The van der Waals surface area contributed by atoms with Gasteiger partial charge in [-0.25, -0.2) is 9.97 Å². The first kappa shape index (κ1) is 10.8. The summed E-state index contributed by atoms with van der Waals surface area (Å²) in [6, 6.07) is 7.04. The van der Waals surface area contributed by atoms with Crippen molar-refractivity contribution in [3.05, 3.63) is 30.0 Å². The van der Waals surface area contributed by atoms with Crippen molar-refractivity contribution in [3.8, 4) is 0 Å². The molecule has 0 fully saturated rings. The Morgan fingerprint density at radius 3 is 2.29 bits per heavy atom. The molecule has 0 saturated heterocycles. The Morgan fingerprint density at radius 2 is 1.71 bits per heavy atom. The molecule has 7 nitrogen and oxygen atoms in total. The molecule has 1 aromatic carbocycles. The van der Waals surface area contributed by atoms with Crippen LogP contribution >= 0.6 is 0 Å². The van der Waals surface area contributed by atoms with Crippen molar-refractivity contribution in [2.24, 2.45) is 16.5 Å². The Kier molecular flexibility index (Phi) is 2.57. The van der Waals surface area contributed by atoms with Crippen LogP contribution in [-0.4, -0.2) is 21.8 Å². The summed E-state index contributed by atoms with van der Waals surface area (Å²) in [5, 5.41) is 0. The monoisotopic (exact) mass is 230 g/mol.